The molecule has 2 aliphatic rings. The molecule has 0 spiro atoms. The molecular weight excluding hydrogens is 442 g/mol. The van der Waals surface area contributed by atoms with Crippen LogP contribution in [0.3, 0.4) is 0 Å². The normalized spacial score (nSPS) is 20.3. The van der Waals surface area contributed by atoms with E-state index in [2.05, 4.69) is 0 Å². The van der Waals surface area contributed by atoms with Crippen LogP contribution in [-0.2, 0) is 21.0 Å². The maximum atomic E-state index is 14.0. The Hall–Kier alpha value is -3.29. The van der Waals surface area contributed by atoms with Crippen molar-refractivity contribution in [3.05, 3.63) is 71.9 Å². The summed E-state index contributed by atoms with van der Waals surface area (Å²) in [4.78, 5) is 37.0. The first-order valence-electron chi connectivity index (χ1n) is 11.7. The maximum Gasteiger partial charge on any atom is 0.291 e. The molecule has 7 nitrogen and oxygen atoms in total. The Bertz CT molecular complexity index is 1190. The van der Waals surface area contributed by atoms with E-state index in [1.54, 1.807) is 18.2 Å². The van der Waals surface area contributed by atoms with Gasteiger partial charge in [-0.25, -0.2) is 14.9 Å². The Balaban J connectivity index is 1.82. The SMILES string of the molecule is COc1ccc(C2=CN3C(=O)C(OOC(C)(C)C)(C(C)(C)C)N=C3C(Cc3ccccc3)=N2)cc1. The number of amidine groups is 1. The largest absolute Gasteiger partial charge is 0.497 e. The second-order valence-corrected chi connectivity index (χ2v) is 10.7. The van der Waals surface area contributed by atoms with Crippen LogP contribution in [0.25, 0.3) is 5.70 Å². The lowest BCUT2D eigenvalue weighted by molar-refractivity contribution is -0.407. The van der Waals surface area contributed by atoms with Crippen LogP contribution in [-0.4, -0.2) is 40.8 Å². The molecule has 0 N–H and O–H groups in total. The molecule has 1 amide bonds. The van der Waals surface area contributed by atoms with Crippen molar-refractivity contribution in [3.63, 3.8) is 0 Å². The monoisotopic (exact) mass is 475 g/mol. The smallest absolute Gasteiger partial charge is 0.291 e. The molecular formula is C28H33N3O4. The first-order chi connectivity index (χ1) is 16.4. The van der Waals surface area contributed by atoms with Crippen LogP contribution in [0.2, 0.25) is 0 Å². The van der Waals surface area contributed by atoms with Crippen LogP contribution < -0.4 is 4.74 Å². The Labute approximate surface area is 207 Å². The summed E-state index contributed by atoms with van der Waals surface area (Å²) in [6, 6.07) is 17.6. The van der Waals surface area contributed by atoms with E-state index < -0.39 is 16.7 Å². The van der Waals surface area contributed by atoms with Gasteiger partial charge in [0, 0.05) is 23.6 Å². The molecule has 1 unspecified atom stereocenters. The molecule has 0 aromatic heterocycles. The lowest BCUT2D eigenvalue weighted by atomic mass is 9.83. The van der Waals surface area contributed by atoms with E-state index in [-0.39, 0.29) is 5.91 Å². The van der Waals surface area contributed by atoms with Crippen LogP contribution in [0.15, 0.2) is 70.8 Å². The zero-order valence-corrected chi connectivity index (χ0v) is 21.5. The molecule has 2 aromatic rings. The van der Waals surface area contributed by atoms with Gasteiger partial charge in [-0.1, -0.05) is 51.1 Å². The van der Waals surface area contributed by atoms with Crippen molar-refractivity contribution in [1.29, 1.82) is 0 Å². The maximum absolute atomic E-state index is 14.0. The molecule has 35 heavy (non-hydrogen) atoms. The first kappa shape index (κ1) is 24.8. The molecule has 0 saturated carbocycles. The van der Waals surface area contributed by atoms with E-state index >= 15 is 0 Å². The second-order valence-electron chi connectivity index (χ2n) is 10.7. The first-order valence-corrected chi connectivity index (χ1v) is 11.7. The van der Waals surface area contributed by atoms with Crippen molar-refractivity contribution in [1.82, 2.24) is 4.90 Å². The van der Waals surface area contributed by atoms with E-state index in [4.69, 9.17) is 24.5 Å². The van der Waals surface area contributed by atoms with E-state index in [0.29, 0.717) is 23.7 Å². The molecule has 184 valence electrons. The molecule has 7 heteroatoms. The number of benzene rings is 2. The van der Waals surface area contributed by atoms with Gasteiger partial charge in [0.1, 0.15) is 5.75 Å². The van der Waals surface area contributed by atoms with Crippen molar-refractivity contribution < 1.29 is 19.3 Å². The predicted octanol–water partition coefficient (Wildman–Crippen LogP) is 5.42. The standard InChI is InChI=1S/C28H33N3O4/c1-26(2,3)28(35-34-27(4,5)6)25(32)31-18-23(20-13-15-21(33-7)16-14-20)29-22(24(31)30-28)17-19-11-9-8-10-12-19/h8-16,18H,17H2,1-7H3. The zero-order chi connectivity index (χ0) is 25.4. The number of fused-ring (bicyclic) bond motifs is 1. The van der Waals surface area contributed by atoms with Gasteiger partial charge in [-0.05, 0) is 50.6 Å². The summed E-state index contributed by atoms with van der Waals surface area (Å²) >= 11 is 0. The second kappa shape index (κ2) is 9.06. The van der Waals surface area contributed by atoms with Gasteiger partial charge in [0.2, 0.25) is 0 Å². The van der Waals surface area contributed by atoms with E-state index in [1.807, 2.05) is 96.1 Å². The molecule has 0 radical (unpaired) electrons. The molecule has 0 aliphatic carbocycles. The van der Waals surface area contributed by atoms with Gasteiger partial charge in [-0.3, -0.25) is 9.69 Å². The zero-order valence-electron chi connectivity index (χ0n) is 21.5. The lowest BCUT2D eigenvalue weighted by Gasteiger charge is -2.37. The molecule has 0 fully saturated rings. The van der Waals surface area contributed by atoms with Gasteiger partial charge in [0.25, 0.3) is 11.6 Å². The summed E-state index contributed by atoms with van der Waals surface area (Å²) in [5, 5.41) is 0. The Morgan fingerprint density at radius 2 is 1.60 bits per heavy atom. The highest BCUT2D eigenvalue weighted by molar-refractivity contribution is 6.47. The number of hydrogen-bond acceptors (Lipinski definition) is 6. The van der Waals surface area contributed by atoms with E-state index in [0.717, 1.165) is 16.9 Å². The van der Waals surface area contributed by atoms with Crippen LogP contribution in [0.1, 0.15) is 52.7 Å². The van der Waals surface area contributed by atoms with Gasteiger partial charge >= 0.3 is 0 Å². The van der Waals surface area contributed by atoms with Gasteiger partial charge in [0.05, 0.1) is 24.1 Å². The number of nitrogens with zero attached hydrogens (tertiary/aromatic N) is 3. The van der Waals surface area contributed by atoms with Crippen LogP contribution in [0.4, 0.5) is 0 Å². The van der Waals surface area contributed by atoms with Crippen molar-refractivity contribution in [2.45, 2.75) is 59.3 Å². The summed E-state index contributed by atoms with van der Waals surface area (Å²) in [6.45, 7) is 11.4. The van der Waals surface area contributed by atoms with Gasteiger partial charge in [0.15, 0.2) is 5.84 Å². The molecule has 2 aromatic carbocycles. The topological polar surface area (TPSA) is 72.7 Å². The van der Waals surface area contributed by atoms with E-state index in [9.17, 15) is 4.79 Å². The number of carbonyl (C=O) groups excluding carboxylic acids is 1. The number of hydrogen-bond donors (Lipinski definition) is 0. The average molecular weight is 476 g/mol. The Kier molecular flexibility index (Phi) is 6.42. The molecule has 0 saturated heterocycles. The number of ether oxygens (including phenoxy) is 1. The van der Waals surface area contributed by atoms with Gasteiger partial charge in [-0.2, -0.15) is 4.89 Å². The molecule has 1 atom stereocenters. The molecule has 2 heterocycles. The molecule has 0 bridgehead atoms. The fourth-order valence-corrected chi connectivity index (χ4v) is 3.84. The number of amides is 1. The number of aliphatic imine (C=N–C) groups is 2. The highest BCUT2D eigenvalue weighted by Crippen LogP contribution is 2.43. The van der Waals surface area contributed by atoms with Crippen LogP contribution >= 0.6 is 0 Å². The van der Waals surface area contributed by atoms with Gasteiger partial charge in [-0.15, -0.1) is 0 Å². The third-order valence-corrected chi connectivity index (χ3v) is 5.79. The van der Waals surface area contributed by atoms with Crippen LogP contribution in [0, 0.1) is 5.41 Å². The molecule has 2 aliphatic heterocycles. The third kappa shape index (κ3) is 4.92. The Morgan fingerprint density at radius 1 is 0.943 bits per heavy atom. The average Bonchev–Trinajstić information content (AvgIpc) is 3.11. The minimum atomic E-state index is -1.56. The van der Waals surface area contributed by atoms with Crippen molar-refractivity contribution in [3.8, 4) is 5.75 Å². The summed E-state index contributed by atoms with van der Waals surface area (Å²) in [7, 11) is 1.63. The summed E-state index contributed by atoms with van der Waals surface area (Å²) in [5.74, 6) is 0.914. The number of rotatable bonds is 6. The minimum Gasteiger partial charge on any atom is -0.497 e. The number of carbonyl (C=O) groups is 1. The molecule has 4 rings (SSSR count). The summed E-state index contributed by atoms with van der Waals surface area (Å²) in [6.07, 6.45) is 2.24. The summed E-state index contributed by atoms with van der Waals surface area (Å²) < 4.78 is 5.29. The quantitative estimate of drug-likeness (QED) is 0.413. The van der Waals surface area contributed by atoms with Gasteiger partial charge < -0.3 is 4.74 Å². The van der Waals surface area contributed by atoms with Crippen molar-refractivity contribution >= 4 is 23.2 Å². The van der Waals surface area contributed by atoms with Crippen LogP contribution in [0.5, 0.6) is 5.75 Å². The third-order valence-electron chi connectivity index (χ3n) is 5.79. The van der Waals surface area contributed by atoms with Crippen molar-refractivity contribution in [2.24, 2.45) is 15.4 Å². The predicted molar refractivity (Wildman–Crippen MR) is 137 cm³/mol. The number of methoxy groups -OCH3 is 1. The lowest BCUT2D eigenvalue weighted by Crippen LogP contribution is -2.53. The fourth-order valence-electron chi connectivity index (χ4n) is 3.84. The Morgan fingerprint density at radius 3 is 2.17 bits per heavy atom. The highest BCUT2D eigenvalue weighted by Gasteiger charge is 2.60. The fraction of sp³-hybridized carbons (Fsp3) is 0.393. The highest BCUT2D eigenvalue weighted by atomic mass is 17.2. The summed E-state index contributed by atoms with van der Waals surface area (Å²) in [5.41, 5.74) is 0.411. The minimum absolute atomic E-state index is 0.310. The van der Waals surface area contributed by atoms with E-state index in [1.165, 1.54) is 0 Å². The van der Waals surface area contributed by atoms with Crippen molar-refractivity contribution in [2.75, 3.05) is 7.11 Å².